The van der Waals surface area contributed by atoms with E-state index in [0.717, 1.165) is 35.6 Å². The predicted molar refractivity (Wildman–Crippen MR) is 152 cm³/mol. The fourth-order valence-corrected chi connectivity index (χ4v) is 4.98. The van der Waals surface area contributed by atoms with Crippen LogP contribution in [0, 0.1) is 6.92 Å². The van der Waals surface area contributed by atoms with Gasteiger partial charge in [0.25, 0.3) is 11.8 Å². The monoisotopic (exact) mass is 556 g/mol. The highest BCUT2D eigenvalue weighted by Gasteiger charge is 2.23. The molecule has 4 rings (SSSR count). The topological polar surface area (TPSA) is 73.9 Å². The van der Waals surface area contributed by atoms with Crippen LogP contribution in [0.1, 0.15) is 26.3 Å². The normalized spacial score (nSPS) is 13.2. The molecular weight excluding hydrogens is 531 g/mol. The Bertz CT molecular complexity index is 1300. The van der Waals surface area contributed by atoms with Crippen molar-refractivity contribution in [3.63, 3.8) is 0 Å². The molecule has 0 aliphatic carbocycles. The van der Waals surface area contributed by atoms with Crippen LogP contribution in [-0.2, 0) is 0 Å². The maximum Gasteiger partial charge on any atom is 0.257 e. The minimum Gasteiger partial charge on any atom is -0.494 e. The van der Waals surface area contributed by atoms with Crippen LogP contribution in [0.2, 0.25) is 10.0 Å². The van der Waals surface area contributed by atoms with Gasteiger partial charge in [-0.2, -0.15) is 0 Å². The van der Waals surface area contributed by atoms with Gasteiger partial charge in [-0.05, 0) is 67.2 Å². The maximum atomic E-state index is 12.9. The van der Waals surface area contributed by atoms with Gasteiger partial charge in [-0.25, -0.2) is 0 Å². The average molecular weight is 558 g/mol. The van der Waals surface area contributed by atoms with Crippen molar-refractivity contribution in [1.29, 1.82) is 0 Å². The van der Waals surface area contributed by atoms with Gasteiger partial charge < -0.3 is 19.9 Å². The summed E-state index contributed by atoms with van der Waals surface area (Å²) in [5, 5.41) is 6.24. The van der Waals surface area contributed by atoms with Gasteiger partial charge in [0.15, 0.2) is 10.9 Å². The third-order valence-corrected chi connectivity index (χ3v) is 6.89. The Kier molecular flexibility index (Phi) is 8.53. The van der Waals surface area contributed by atoms with Crippen molar-refractivity contribution >= 4 is 63.7 Å². The Balaban J connectivity index is 1.30. The minimum atomic E-state index is -0.446. The summed E-state index contributed by atoms with van der Waals surface area (Å²) in [6.45, 7) is 4.75. The molecule has 7 nitrogen and oxygen atoms in total. The standard InChI is InChI=1S/C27H26Cl2N4O3S/c1-17-5-3-4-6-21(17)26(35)33-13-11-32(12-14-33)20-9-7-19(8-10-20)30-27(37)31-25(34)18-15-22(28)24(36-2)23(29)16-18/h3-10,15-16H,11-14H2,1-2H3,(H2,30,31,34,37). The second-order valence-corrected chi connectivity index (χ2v) is 9.75. The van der Waals surface area contributed by atoms with Gasteiger partial charge in [0.1, 0.15) is 0 Å². The summed E-state index contributed by atoms with van der Waals surface area (Å²) in [5.74, 6) is -0.0642. The summed E-state index contributed by atoms with van der Waals surface area (Å²) < 4.78 is 5.11. The SMILES string of the molecule is COc1c(Cl)cc(C(=O)NC(=S)Nc2ccc(N3CCN(C(=O)c4ccccc4C)CC3)cc2)cc1Cl. The van der Waals surface area contributed by atoms with Crippen molar-refractivity contribution < 1.29 is 14.3 Å². The number of hydrogen-bond donors (Lipinski definition) is 2. The van der Waals surface area contributed by atoms with E-state index in [0.29, 0.717) is 18.8 Å². The molecule has 10 heteroatoms. The molecule has 0 atom stereocenters. The van der Waals surface area contributed by atoms with E-state index in [9.17, 15) is 9.59 Å². The summed E-state index contributed by atoms with van der Waals surface area (Å²) in [7, 11) is 1.45. The molecular formula is C27H26Cl2N4O3S. The van der Waals surface area contributed by atoms with Crippen LogP contribution in [-0.4, -0.2) is 55.1 Å². The van der Waals surface area contributed by atoms with Crippen LogP contribution >= 0.6 is 35.4 Å². The molecule has 2 amide bonds. The van der Waals surface area contributed by atoms with E-state index in [-0.39, 0.29) is 26.6 Å². The Labute approximate surface area is 231 Å². The number of anilines is 2. The zero-order valence-electron chi connectivity index (χ0n) is 20.4. The number of nitrogens with one attached hydrogen (secondary N) is 2. The molecule has 2 N–H and O–H groups in total. The van der Waals surface area contributed by atoms with Gasteiger partial charge in [0.2, 0.25) is 0 Å². The van der Waals surface area contributed by atoms with Crippen molar-refractivity contribution in [1.82, 2.24) is 10.2 Å². The molecule has 0 unspecified atom stereocenters. The number of piperazine rings is 1. The third-order valence-electron chi connectivity index (χ3n) is 6.12. The van der Waals surface area contributed by atoms with Crippen molar-refractivity contribution in [3.05, 3.63) is 87.4 Å². The highest BCUT2D eigenvalue weighted by molar-refractivity contribution is 7.80. The average Bonchev–Trinajstić information content (AvgIpc) is 2.89. The van der Waals surface area contributed by atoms with Gasteiger partial charge in [-0.15, -0.1) is 0 Å². The lowest BCUT2D eigenvalue weighted by Crippen LogP contribution is -2.48. The zero-order chi connectivity index (χ0) is 26.5. The van der Waals surface area contributed by atoms with Crippen LogP contribution in [0.15, 0.2) is 60.7 Å². The van der Waals surface area contributed by atoms with Crippen LogP contribution in [0.3, 0.4) is 0 Å². The largest absolute Gasteiger partial charge is 0.494 e. The molecule has 0 aromatic heterocycles. The highest BCUT2D eigenvalue weighted by Crippen LogP contribution is 2.33. The van der Waals surface area contributed by atoms with Gasteiger partial charge in [0.05, 0.1) is 17.2 Å². The first kappa shape index (κ1) is 26.7. The van der Waals surface area contributed by atoms with Gasteiger partial charge in [-0.1, -0.05) is 41.4 Å². The molecule has 0 spiro atoms. The minimum absolute atomic E-state index is 0.0760. The second-order valence-electron chi connectivity index (χ2n) is 8.52. The number of ether oxygens (including phenoxy) is 1. The number of methoxy groups -OCH3 is 1. The molecule has 3 aromatic rings. The number of rotatable bonds is 5. The van der Waals surface area contributed by atoms with Crippen LogP contribution in [0.25, 0.3) is 0 Å². The van der Waals surface area contributed by atoms with Crippen LogP contribution in [0.5, 0.6) is 5.75 Å². The number of benzene rings is 3. The summed E-state index contributed by atoms with van der Waals surface area (Å²) in [4.78, 5) is 29.6. The fourth-order valence-electron chi connectivity index (χ4n) is 4.13. The quantitative estimate of drug-likeness (QED) is 0.410. The lowest BCUT2D eigenvalue weighted by molar-refractivity contribution is 0.0746. The Morgan fingerprint density at radius 3 is 2.16 bits per heavy atom. The first-order chi connectivity index (χ1) is 17.8. The van der Waals surface area contributed by atoms with Gasteiger partial charge in [0, 0.05) is 48.7 Å². The number of thiocarbonyl (C=S) groups is 1. The summed E-state index contributed by atoms with van der Waals surface area (Å²) >= 11 is 17.5. The van der Waals surface area contributed by atoms with Gasteiger partial charge in [-0.3, -0.25) is 14.9 Å². The lowest BCUT2D eigenvalue weighted by atomic mass is 10.1. The smallest absolute Gasteiger partial charge is 0.257 e. The van der Waals surface area contributed by atoms with Crippen molar-refractivity contribution in [2.75, 3.05) is 43.5 Å². The van der Waals surface area contributed by atoms with E-state index < -0.39 is 5.91 Å². The number of halogens is 2. The number of aryl methyl sites for hydroxylation is 1. The van der Waals surface area contributed by atoms with E-state index >= 15 is 0 Å². The molecule has 1 fully saturated rings. The van der Waals surface area contributed by atoms with Crippen molar-refractivity contribution in [2.45, 2.75) is 6.92 Å². The Morgan fingerprint density at radius 1 is 0.946 bits per heavy atom. The molecule has 3 aromatic carbocycles. The fraction of sp³-hybridized carbons (Fsp3) is 0.222. The molecule has 1 saturated heterocycles. The van der Waals surface area contributed by atoms with E-state index in [2.05, 4.69) is 15.5 Å². The second kappa shape index (κ2) is 11.8. The zero-order valence-corrected chi connectivity index (χ0v) is 22.7. The van der Waals surface area contributed by atoms with E-state index in [1.165, 1.54) is 19.2 Å². The molecule has 0 saturated carbocycles. The van der Waals surface area contributed by atoms with Crippen molar-refractivity contribution in [2.24, 2.45) is 0 Å². The first-order valence-corrected chi connectivity index (χ1v) is 12.8. The number of hydrogen-bond acceptors (Lipinski definition) is 5. The maximum absolute atomic E-state index is 12.9. The molecule has 1 aliphatic heterocycles. The number of amides is 2. The molecule has 192 valence electrons. The predicted octanol–water partition coefficient (Wildman–Crippen LogP) is 5.40. The number of carbonyl (C=O) groups is 2. The van der Waals surface area contributed by atoms with Gasteiger partial charge >= 0.3 is 0 Å². The number of nitrogens with zero attached hydrogens (tertiary/aromatic N) is 2. The summed E-state index contributed by atoms with van der Waals surface area (Å²) in [6, 6.07) is 18.3. The molecule has 0 bridgehead atoms. The van der Waals surface area contributed by atoms with Crippen LogP contribution in [0.4, 0.5) is 11.4 Å². The summed E-state index contributed by atoms with van der Waals surface area (Å²) in [6.07, 6.45) is 0. The first-order valence-electron chi connectivity index (χ1n) is 11.6. The lowest BCUT2D eigenvalue weighted by Gasteiger charge is -2.36. The molecule has 1 heterocycles. The molecule has 1 aliphatic rings. The Morgan fingerprint density at radius 2 is 1.57 bits per heavy atom. The van der Waals surface area contributed by atoms with E-state index in [1.807, 2.05) is 60.4 Å². The van der Waals surface area contributed by atoms with Crippen LogP contribution < -0.4 is 20.3 Å². The highest BCUT2D eigenvalue weighted by atomic mass is 35.5. The Hall–Kier alpha value is -3.33. The summed E-state index contributed by atoms with van der Waals surface area (Å²) in [5.41, 5.74) is 3.78. The molecule has 0 radical (unpaired) electrons. The molecule has 37 heavy (non-hydrogen) atoms. The third kappa shape index (κ3) is 6.33. The van der Waals surface area contributed by atoms with Crippen molar-refractivity contribution in [3.8, 4) is 5.75 Å². The van der Waals surface area contributed by atoms with E-state index in [4.69, 9.17) is 40.2 Å². The van der Waals surface area contributed by atoms with E-state index in [1.54, 1.807) is 0 Å². The number of carbonyl (C=O) groups excluding carboxylic acids is 2.